The van der Waals surface area contributed by atoms with Crippen molar-refractivity contribution in [1.29, 1.82) is 0 Å². The maximum absolute atomic E-state index is 14.6. The predicted molar refractivity (Wildman–Crippen MR) is 327 cm³/mol. The Hall–Kier alpha value is -5.97. The van der Waals surface area contributed by atoms with Gasteiger partial charge < -0.3 is 133 Å². The van der Waals surface area contributed by atoms with Gasteiger partial charge in [-0.25, -0.2) is 4.79 Å². The SMILES string of the molecule is CC(=O)N[C@H]1[C@@H](O[C@H](C)[C@H](N)C(=O)N[C@H](C(=O)N[C@@H](C)C(=O)N[C@@H](C)C(=O)N2CCC[C@H]2C(=O)N[C@H](C(=O)N[C@H](C(=O)N[C@@H](CCC(=O)O)C(=O)O)C(C)C)C(C)C)[C@@H](C)O[C@H]2O[C@H](COP(=O)(O)CCN)[C@H](O)[C@H](O)[C@H]2NC(C)=O)O[C@H](COP(=O)(O)CCN)[C@H](O)[C@@H]1O. The number of amides is 9. The molecule has 0 radical (unpaired) electrons. The van der Waals surface area contributed by atoms with Crippen LogP contribution < -0.4 is 59.7 Å². The van der Waals surface area contributed by atoms with Gasteiger partial charge in [0.05, 0.1) is 37.7 Å². The van der Waals surface area contributed by atoms with Crippen molar-refractivity contribution in [3.05, 3.63) is 0 Å². The third kappa shape index (κ3) is 25.1. The molecule has 0 aliphatic carbocycles. The molecule has 22 N–H and O–H groups in total. The van der Waals surface area contributed by atoms with Crippen LogP contribution in [-0.4, -0.2) is 277 Å². The fourth-order valence-corrected chi connectivity index (χ4v) is 11.8. The van der Waals surface area contributed by atoms with E-state index in [-0.39, 0.29) is 32.5 Å². The first-order valence-electron chi connectivity index (χ1n) is 30.6. The number of aliphatic hydroxyl groups excluding tert-OH is 4. The summed E-state index contributed by atoms with van der Waals surface area (Å²) in [5.41, 5.74) is 17.2. The van der Waals surface area contributed by atoms with E-state index in [4.69, 9.17) is 50.3 Å². The molecule has 3 fully saturated rings. The molecular formula is C54H96N12O27P2. The minimum atomic E-state index is -4.39. The number of aliphatic hydroxyl groups is 4. The lowest BCUT2D eigenvalue weighted by atomic mass is 9.96. The highest BCUT2D eigenvalue weighted by Gasteiger charge is 2.50. The molecule has 0 aromatic rings. The fourth-order valence-electron chi connectivity index (χ4n) is 10.1. The van der Waals surface area contributed by atoms with Gasteiger partial charge in [0.2, 0.25) is 53.2 Å². The fraction of sp³-hybridized carbons (Fsp3) is 0.796. The van der Waals surface area contributed by atoms with Gasteiger partial charge in [0.25, 0.3) is 0 Å². The normalized spacial score (nSPS) is 27.0. The number of rotatable bonds is 37. The lowest BCUT2D eigenvalue weighted by molar-refractivity contribution is -0.281. The lowest BCUT2D eigenvalue weighted by Gasteiger charge is -2.44. The topological polar surface area (TPSA) is 617 Å². The Bertz CT molecular complexity index is 2780. The van der Waals surface area contributed by atoms with Crippen LogP contribution in [0.3, 0.4) is 0 Å². The molecule has 9 amide bonds. The van der Waals surface area contributed by atoms with Crippen molar-refractivity contribution < 1.29 is 130 Å². The average molecular weight is 1410 g/mol. The van der Waals surface area contributed by atoms with Crippen LogP contribution in [0.15, 0.2) is 0 Å². The highest BCUT2D eigenvalue weighted by molar-refractivity contribution is 7.53. The molecule has 95 heavy (non-hydrogen) atoms. The van der Waals surface area contributed by atoms with Crippen LogP contribution >= 0.6 is 15.2 Å². The summed E-state index contributed by atoms with van der Waals surface area (Å²) in [6, 6.07) is -15.6. The quantitative estimate of drug-likeness (QED) is 0.0257. The van der Waals surface area contributed by atoms with Crippen LogP contribution in [0, 0.1) is 11.8 Å². The monoisotopic (exact) mass is 1410 g/mol. The smallest absolute Gasteiger partial charge is 0.329 e. The van der Waals surface area contributed by atoms with Gasteiger partial charge in [-0.3, -0.25) is 57.1 Å². The summed E-state index contributed by atoms with van der Waals surface area (Å²) in [4.78, 5) is 167. The maximum atomic E-state index is 14.6. The first-order valence-corrected chi connectivity index (χ1v) is 34.1. The number of hydrogen-bond acceptors (Lipinski definition) is 26. The summed E-state index contributed by atoms with van der Waals surface area (Å²) in [7, 11) is -8.73. The third-order valence-corrected chi connectivity index (χ3v) is 18.2. The van der Waals surface area contributed by atoms with Gasteiger partial charge in [0.1, 0.15) is 97.0 Å². The zero-order chi connectivity index (χ0) is 72.3. The van der Waals surface area contributed by atoms with Crippen LogP contribution in [0.1, 0.15) is 94.9 Å². The molecular weight excluding hydrogens is 1310 g/mol. The minimum Gasteiger partial charge on any atom is -0.481 e. The molecule has 3 heterocycles. The van der Waals surface area contributed by atoms with Gasteiger partial charge in [0, 0.05) is 39.9 Å². The van der Waals surface area contributed by atoms with Crippen LogP contribution in [0.5, 0.6) is 0 Å². The van der Waals surface area contributed by atoms with E-state index in [1.807, 2.05) is 0 Å². The highest BCUT2D eigenvalue weighted by Crippen LogP contribution is 2.43. The Balaban J connectivity index is 1.92. The second-order valence-corrected chi connectivity index (χ2v) is 28.0. The van der Waals surface area contributed by atoms with Crippen molar-refractivity contribution >= 4 is 80.3 Å². The number of aliphatic carboxylic acids is 2. The number of ether oxygens (including phenoxy) is 4. The van der Waals surface area contributed by atoms with Gasteiger partial charge in [0.15, 0.2) is 12.6 Å². The van der Waals surface area contributed by atoms with Crippen molar-refractivity contribution in [2.45, 2.75) is 217 Å². The molecule has 3 rings (SSSR count). The van der Waals surface area contributed by atoms with E-state index in [0.29, 0.717) is 0 Å². The van der Waals surface area contributed by atoms with Gasteiger partial charge in [-0.05, 0) is 58.8 Å². The Morgan fingerprint density at radius 2 is 1.01 bits per heavy atom. The first kappa shape index (κ1) is 83.3. The molecule has 544 valence electrons. The Labute approximate surface area is 547 Å². The van der Waals surface area contributed by atoms with Crippen molar-refractivity contribution in [2.24, 2.45) is 29.0 Å². The summed E-state index contributed by atoms with van der Waals surface area (Å²) in [5, 5.41) is 82.2. The van der Waals surface area contributed by atoms with E-state index >= 15 is 0 Å². The van der Waals surface area contributed by atoms with Crippen LogP contribution in [0.25, 0.3) is 0 Å². The highest BCUT2D eigenvalue weighted by atomic mass is 31.2. The number of likely N-dealkylation sites (tertiary alicyclic amines) is 1. The van der Waals surface area contributed by atoms with E-state index in [2.05, 4.69) is 42.5 Å². The summed E-state index contributed by atoms with van der Waals surface area (Å²) in [5.74, 6) is -12.5. The molecule has 41 heteroatoms. The summed E-state index contributed by atoms with van der Waals surface area (Å²) >= 11 is 0. The van der Waals surface area contributed by atoms with Gasteiger partial charge in [-0.2, -0.15) is 0 Å². The van der Waals surface area contributed by atoms with Crippen LogP contribution in [0.2, 0.25) is 0 Å². The molecule has 0 aromatic carbocycles. The first-order chi connectivity index (χ1) is 44.1. The third-order valence-electron chi connectivity index (χ3n) is 15.5. The number of nitrogens with one attached hydrogen (secondary N) is 8. The minimum absolute atomic E-state index is 0.00245. The predicted octanol–water partition coefficient (Wildman–Crippen LogP) is -7.45. The summed E-state index contributed by atoms with van der Waals surface area (Å²) in [6.07, 6.45) is -19.6. The van der Waals surface area contributed by atoms with E-state index in [9.17, 15) is 97.2 Å². The van der Waals surface area contributed by atoms with Crippen molar-refractivity contribution in [3.63, 3.8) is 0 Å². The standard InChI is InChI=1S/C54H96N12O27P2/c1-22(2)36(48(78)62-30(52(82)83)13-14-34(69)70)64-49(79)37(23(3)4)63-46(76)31-12-11-17-66(31)51(81)25(6)59-45(75)24(5)58-50(80)38(27(8)91-54-40(61-29(10)68)44(74)42(72)33(93-54)21-89-95(86,87)19-16-56)65-47(77)35(57)26(7)90-53-39(60-28(9)67)43(73)41(71)32(92-53)20-88-94(84,85)18-15-55/h22-27,30-33,35-44,53-54,71-74H,11-21,55-57H2,1-10H3,(H,58,80)(H,59,75)(H,60,67)(H,61,68)(H,62,78)(H,63,76)(H,64,79)(H,65,77)(H,69,70)(H,82,83)(H,84,85)(H,86,87)/t24-,25-,26+,27+,30-,31-,32+,33+,35-,36-,37-,38-,39+,40+,41-,42-,43+,44+,53-,54-/m0/s1. The number of hydrogen-bond donors (Lipinski definition) is 19. The van der Waals surface area contributed by atoms with Crippen molar-refractivity contribution in [3.8, 4) is 0 Å². The number of carbonyl (C=O) groups is 11. The van der Waals surface area contributed by atoms with E-state index in [1.54, 1.807) is 27.7 Å². The molecule has 3 saturated heterocycles. The Kier molecular flexibility index (Phi) is 33.0. The maximum Gasteiger partial charge on any atom is 0.329 e. The zero-order valence-corrected chi connectivity index (χ0v) is 56.2. The average Bonchev–Trinajstić information content (AvgIpc) is 1.10. The Morgan fingerprint density at radius 3 is 1.45 bits per heavy atom. The van der Waals surface area contributed by atoms with Gasteiger partial charge in [-0.15, -0.1) is 0 Å². The Morgan fingerprint density at radius 1 is 0.579 bits per heavy atom. The number of carboxylic acids is 2. The second-order valence-electron chi connectivity index (χ2n) is 24.0. The van der Waals surface area contributed by atoms with Crippen LogP contribution in [-0.2, 0) is 89.9 Å². The van der Waals surface area contributed by atoms with Gasteiger partial charge >= 0.3 is 27.1 Å². The molecule has 0 spiro atoms. The molecule has 22 atom stereocenters. The summed E-state index contributed by atoms with van der Waals surface area (Å²) < 4.78 is 58.8. The molecule has 3 aliphatic rings. The number of nitrogens with two attached hydrogens (primary N) is 3. The summed E-state index contributed by atoms with van der Waals surface area (Å²) in [6.45, 7) is 10.9. The molecule has 0 saturated carbocycles. The van der Waals surface area contributed by atoms with E-state index in [0.717, 1.165) is 32.6 Å². The van der Waals surface area contributed by atoms with Crippen LogP contribution in [0.4, 0.5) is 0 Å². The molecule has 2 unspecified atom stereocenters. The number of carboxylic acid groups (broad SMARTS) is 2. The van der Waals surface area contributed by atoms with E-state index in [1.165, 1.54) is 13.8 Å². The van der Waals surface area contributed by atoms with Crippen molar-refractivity contribution in [2.75, 3.05) is 45.2 Å². The molecule has 3 aliphatic heterocycles. The molecule has 0 bridgehead atoms. The van der Waals surface area contributed by atoms with Gasteiger partial charge in [-0.1, -0.05) is 27.7 Å². The lowest BCUT2D eigenvalue weighted by Crippen LogP contribution is -2.67. The number of nitrogens with zero attached hydrogens (tertiary/aromatic N) is 1. The number of carbonyl (C=O) groups excluding carboxylic acids is 9. The van der Waals surface area contributed by atoms with E-state index < -0.39 is 252 Å². The van der Waals surface area contributed by atoms with Crippen molar-refractivity contribution in [1.82, 2.24) is 47.4 Å². The second kappa shape index (κ2) is 37.7. The largest absolute Gasteiger partial charge is 0.481 e. The molecule has 39 nitrogen and oxygen atoms in total. The zero-order valence-electron chi connectivity index (χ0n) is 54.4. The molecule has 0 aromatic heterocycles.